The maximum atomic E-state index is 12.9. The number of aliphatic hydroxyl groups excluding tert-OH is 1. The van der Waals surface area contributed by atoms with Gasteiger partial charge in [0.15, 0.2) is 0 Å². The Balaban J connectivity index is 4.10. The van der Waals surface area contributed by atoms with Gasteiger partial charge < -0.3 is 19.8 Å². The van der Waals surface area contributed by atoms with Crippen LogP contribution in [-0.4, -0.2) is 73.4 Å². The number of hydrogen-bond acceptors (Lipinski definition) is 5. The highest BCUT2D eigenvalue weighted by molar-refractivity contribution is 7.47. The number of nitrogens with one attached hydrogen (secondary N) is 1. The van der Waals surface area contributed by atoms with Gasteiger partial charge in [0, 0.05) is 6.42 Å². The number of quaternary nitrogens is 1. The fourth-order valence-electron chi connectivity index (χ4n) is 8.93. The zero-order chi connectivity index (χ0) is 48.5. The number of likely N-dealkylation sites (N-methyl/N-ethyl adjacent to an activating group) is 1. The molecule has 0 bridgehead atoms. The van der Waals surface area contributed by atoms with Gasteiger partial charge in [-0.15, -0.1) is 0 Å². The molecule has 0 radical (unpaired) electrons. The Kier molecular flexibility index (Phi) is 48.7. The van der Waals surface area contributed by atoms with Gasteiger partial charge in [-0.25, -0.2) is 4.57 Å². The van der Waals surface area contributed by atoms with Crippen molar-refractivity contribution in [2.45, 2.75) is 309 Å². The van der Waals surface area contributed by atoms with E-state index < -0.39 is 20.0 Å². The number of unbranched alkanes of at least 4 members (excludes halogenated alkanes) is 41. The third-order valence-corrected chi connectivity index (χ3v) is 14.5. The fraction of sp³-hybridized carbons (Fsp3) is 0.947. The van der Waals surface area contributed by atoms with E-state index in [2.05, 4.69) is 19.2 Å². The minimum Gasteiger partial charge on any atom is -0.387 e. The lowest BCUT2D eigenvalue weighted by atomic mass is 10.0. The number of phosphoric acid groups is 1. The van der Waals surface area contributed by atoms with Crippen molar-refractivity contribution in [3.63, 3.8) is 0 Å². The zero-order valence-electron chi connectivity index (χ0n) is 45.0. The lowest BCUT2D eigenvalue weighted by Gasteiger charge is -2.25. The van der Waals surface area contributed by atoms with Gasteiger partial charge in [-0.2, -0.15) is 0 Å². The SMILES string of the molecule is CCCCCCCCCCCCCCCCCCCCCCCCCCCCC/C=C/C(O)C(COP(=O)(O)OCC[N+](C)(C)C)NC(=O)CCCCCCCCCCCCCCCCC. The van der Waals surface area contributed by atoms with Crippen molar-refractivity contribution in [1.29, 1.82) is 0 Å². The molecule has 0 aromatic heterocycles. The molecule has 8 nitrogen and oxygen atoms in total. The van der Waals surface area contributed by atoms with Crippen LogP contribution in [0.15, 0.2) is 12.2 Å². The number of nitrogens with zero attached hydrogens (tertiary/aromatic N) is 1. The molecule has 0 aliphatic rings. The number of hydrogen-bond donors (Lipinski definition) is 3. The fourth-order valence-corrected chi connectivity index (χ4v) is 9.66. The van der Waals surface area contributed by atoms with Crippen LogP contribution in [0.1, 0.15) is 296 Å². The molecule has 3 N–H and O–H groups in total. The first-order valence-corrected chi connectivity index (χ1v) is 30.6. The third-order valence-electron chi connectivity index (χ3n) is 13.5. The van der Waals surface area contributed by atoms with E-state index in [1.54, 1.807) is 6.08 Å². The molecular formula is C57H116N2O6P+. The average Bonchev–Trinajstić information content (AvgIpc) is 3.28. The summed E-state index contributed by atoms with van der Waals surface area (Å²) in [5.41, 5.74) is 0. The van der Waals surface area contributed by atoms with Crippen molar-refractivity contribution in [3.8, 4) is 0 Å². The van der Waals surface area contributed by atoms with E-state index in [4.69, 9.17) is 9.05 Å². The van der Waals surface area contributed by atoms with Crippen LogP contribution in [0.25, 0.3) is 0 Å². The number of aliphatic hydroxyl groups is 1. The van der Waals surface area contributed by atoms with Crippen LogP contribution in [-0.2, 0) is 18.4 Å². The molecule has 0 spiro atoms. The highest BCUT2D eigenvalue weighted by Crippen LogP contribution is 2.43. The van der Waals surface area contributed by atoms with Gasteiger partial charge in [-0.05, 0) is 19.3 Å². The van der Waals surface area contributed by atoms with E-state index >= 15 is 0 Å². The van der Waals surface area contributed by atoms with Crippen molar-refractivity contribution in [1.82, 2.24) is 5.32 Å². The number of carbonyl (C=O) groups is 1. The molecule has 9 heteroatoms. The molecule has 0 aliphatic carbocycles. The number of carbonyl (C=O) groups excluding carboxylic acids is 1. The average molecular weight is 957 g/mol. The van der Waals surface area contributed by atoms with Crippen molar-refractivity contribution >= 4 is 13.7 Å². The van der Waals surface area contributed by atoms with Crippen molar-refractivity contribution in [2.75, 3.05) is 40.9 Å². The minimum atomic E-state index is -4.34. The van der Waals surface area contributed by atoms with Crippen LogP contribution in [0, 0.1) is 0 Å². The van der Waals surface area contributed by atoms with Crippen molar-refractivity contribution in [3.05, 3.63) is 12.2 Å². The summed E-state index contributed by atoms with van der Waals surface area (Å²) in [6.07, 6.45) is 60.3. The normalized spacial score (nSPS) is 14.0. The Morgan fingerprint density at radius 1 is 0.500 bits per heavy atom. The smallest absolute Gasteiger partial charge is 0.387 e. The predicted molar refractivity (Wildman–Crippen MR) is 286 cm³/mol. The molecule has 0 rings (SSSR count). The van der Waals surface area contributed by atoms with Gasteiger partial charge in [0.1, 0.15) is 13.2 Å². The van der Waals surface area contributed by atoms with E-state index in [0.29, 0.717) is 17.4 Å². The largest absolute Gasteiger partial charge is 0.472 e. The third kappa shape index (κ3) is 51.1. The topological polar surface area (TPSA) is 105 Å². The number of amides is 1. The molecule has 1 amide bonds. The summed E-state index contributed by atoms with van der Waals surface area (Å²) in [5.74, 6) is -0.171. The quantitative estimate of drug-likeness (QED) is 0.0243. The summed E-state index contributed by atoms with van der Waals surface area (Å²) in [6, 6.07) is -0.841. The second-order valence-electron chi connectivity index (χ2n) is 21.4. The Morgan fingerprint density at radius 3 is 1.12 bits per heavy atom. The van der Waals surface area contributed by atoms with Crippen LogP contribution in [0.5, 0.6) is 0 Å². The van der Waals surface area contributed by atoms with Crippen molar-refractivity contribution < 1.29 is 32.9 Å². The lowest BCUT2D eigenvalue weighted by molar-refractivity contribution is -0.870. The van der Waals surface area contributed by atoms with E-state index in [9.17, 15) is 19.4 Å². The van der Waals surface area contributed by atoms with Gasteiger partial charge in [-0.3, -0.25) is 13.8 Å². The van der Waals surface area contributed by atoms with Gasteiger partial charge in [0.2, 0.25) is 5.91 Å². The Morgan fingerprint density at radius 2 is 0.803 bits per heavy atom. The summed E-state index contributed by atoms with van der Waals surface area (Å²) in [4.78, 5) is 23.2. The molecule has 3 atom stereocenters. The highest BCUT2D eigenvalue weighted by Gasteiger charge is 2.27. The Hall–Kier alpha value is -0.760. The molecule has 66 heavy (non-hydrogen) atoms. The molecule has 0 saturated heterocycles. The Labute approximate surface area is 412 Å². The molecule has 0 saturated carbocycles. The minimum absolute atomic E-state index is 0.0651. The predicted octanol–water partition coefficient (Wildman–Crippen LogP) is 17.4. The molecule has 3 unspecified atom stereocenters. The molecule has 0 heterocycles. The highest BCUT2D eigenvalue weighted by atomic mass is 31.2. The lowest BCUT2D eigenvalue weighted by Crippen LogP contribution is -2.45. The monoisotopic (exact) mass is 956 g/mol. The molecular weight excluding hydrogens is 840 g/mol. The maximum Gasteiger partial charge on any atom is 0.472 e. The number of phosphoric ester groups is 1. The molecule has 394 valence electrons. The number of allylic oxidation sites excluding steroid dienone is 1. The van der Waals surface area contributed by atoms with Crippen LogP contribution in [0.3, 0.4) is 0 Å². The van der Waals surface area contributed by atoms with Crippen LogP contribution >= 0.6 is 7.82 Å². The van der Waals surface area contributed by atoms with Crippen molar-refractivity contribution in [2.24, 2.45) is 0 Å². The van der Waals surface area contributed by atoms with E-state index in [1.807, 2.05) is 27.2 Å². The first-order valence-electron chi connectivity index (χ1n) is 29.1. The standard InChI is InChI=1S/C57H115N2O6P/c1-6-8-10-12-14-16-18-20-22-23-24-25-26-27-28-29-30-31-32-33-34-35-37-38-40-42-44-46-48-50-56(60)55(54-65-66(62,63)64-53-52-59(3,4)5)58-57(61)51-49-47-45-43-41-39-36-21-19-17-15-13-11-9-7-2/h48,50,55-56,60H,6-47,49,51-54H2,1-5H3,(H-,58,61,62,63)/p+1/b50-48+. The molecule has 0 aromatic rings. The van der Waals surface area contributed by atoms with Gasteiger partial charge in [0.25, 0.3) is 0 Å². The molecule has 0 aromatic carbocycles. The second kappa shape index (κ2) is 49.2. The molecule has 0 fully saturated rings. The van der Waals surface area contributed by atoms with Crippen LogP contribution in [0.4, 0.5) is 0 Å². The number of rotatable bonds is 54. The summed E-state index contributed by atoms with van der Waals surface area (Å²) in [5, 5.41) is 13.9. The summed E-state index contributed by atoms with van der Waals surface area (Å²) in [6.45, 7) is 4.86. The van der Waals surface area contributed by atoms with E-state index in [-0.39, 0.29) is 19.1 Å². The van der Waals surface area contributed by atoms with Gasteiger partial charge >= 0.3 is 7.82 Å². The summed E-state index contributed by atoms with van der Waals surface area (Å²) >= 11 is 0. The van der Waals surface area contributed by atoms with Crippen LogP contribution in [0.2, 0.25) is 0 Å². The summed E-state index contributed by atoms with van der Waals surface area (Å²) < 4.78 is 23.7. The van der Waals surface area contributed by atoms with E-state index in [0.717, 1.165) is 32.1 Å². The van der Waals surface area contributed by atoms with Crippen LogP contribution < -0.4 is 5.32 Å². The van der Waals surface area contributed by atoms with E-state index in [1.165, 1.54) is 244 Å². The first-order chi connectivity index (χ1) is 32.0. The zero-order valence-corrected chi connectivity index (χ0v) is 45.9. The molecule has 0 aliphatic heterocycles. The maximum absolute atomic E-state index is 12.9. The first kappa shape index (κ1) is 65.2. The second-order valence-corrected chi connectivity index (χ2v) is 22.8. The Bertz CT molecular complexity index is 1080. The summed E-state index contributed by atoms with van der Waals surface area (Å²) in [7, 11) is 1.59. The van der Waals surface area contributed by atoms with Gasteiger partial charge in [-0.1, -0.05) is 283 Å². The van der Waals surface area contributed by atoms with Gasteiger partial charge in [0.05, 0.1) is 39.9 Å².